The number of hydrogen-bond acceptors (Lipinski definition) is 10. The lowest BCUT2D eigenvalue weighted by atomic mass is 9.95. The SMILES string of the molecule is CO/N=C(/C(=O)N[C@@H]1C(=O)N2C(C(=O)[O-])=C(C[n+]3cccc4c3CCCC4)CSC12)c1csc(N)n1. The van der Waals surface area contributed by atoms with Gasteiger partial charge in [-0.3, -0.25) is 14.5 Å². The summed E-state index contributed by atoms with van der Waals surface area (Å²) in [5, 5.41) is 19.8. The molecule has 1 aliphatic carbocycles. The number of aromatic nitrogens is 2. The van der Waals surface area contributed by atoms with Crippen molar-refractivity contribution in [3.63, 3.8) is 0 Å². The van der Waals surface area contributed by atoms with Crippen LogP contribution < -0.4 is 20.7 Å². The Hall–Kier alpha value is -3.45. The van der Waals surface area contributed by atoms with E-state index in [9.17, 15) is 19.5 Å². The highest BCUT2D eigenvalue weighted by molar-refractivity contribution is 8.00. The van der Waals surface area contributed by atoms with Gasteiger partial charge in [0, 0.05) is 34.8 Å². The van der Waals surface area contributed by atoms with E-state index < -0.39 is 29.2 Å². The molecule has 0 saturated carbocycles. The number of nitrogens with zero attached hydrogens (tertiary/aromatic N) is 4. The van der Waals surface area contributed by atoms with Gasteiger partial charge in [-0.15, -0.1) is 23.1 Å². The molecule has 13 heteroatoms. The number of pyridine rings is 1. The van der Waals surface area contributed by atoms with Crippen LogP contribution in [0.5, 0.6) is 0 Å². The number of thiazole rings is 1. The second-order valence-corrected chi connectivity index (χ2v) is 10.6. The summed E-state index contributed by atoms with van der Waals surface area (Å²) in [7, 11) is 1.29. The van der Waals surface area contributed by atoms with Crippen molar-refractivity contribution in [2.75, 3.05) is 18.6 Å². The third-order valence-electron chi connectivity index (χ3n) is 6.44. The van der Waals surface area contributed by atoms with Crippen LogP contribution in [0, 0.1) is 0 Å². The Bertz CT molecular complexity index is 1310. The number of β-lactam (4-membered cyclic amide) rings is 1. The summed E-state index contributed by atoms with van der Waals surface area (Å²) < 4.78 is 2.07. The monoisotopic (exact) mass is 528 g/mol. The average molecular weight is 529 g/mol. The predicted molar refractivity (Wildman–Crippen MR) is 130 cm³/mol. The summed E-state index contributed by atoms with van der Waals surface area (Å²) in [5.74, 6) is -2.20. The zero-order valence-electron chi connectivity index (χ0n) is 19.4. The standard InChI is InChI=1S/C23H24N6O5S2/c1-34-27-16(14-11-36-23(24)25-14)19(30)26-17-20(31)29-18(22(32)33)13(10-35-21(17)29)9-28-8-4-6-12-5-2-3-7-15(12)28/h4,6,8,11,17,21H,2-3,5,7,9-10H2,1H3,(H3-,24,25,26,30,32,33)/b27-16+/t17-,21?/m1/s1. The van der Waals surface area contributed by atoms with Crippen LogP contribution >= 0.6 is 23.1 Å². The van der Waals surface area contributed by atoms with Gasteiger partial charge in [0.15, 0.2) is 29.3 Å². The molecule has 0 bridgehead atoms. The predicted octanol–water partition coefficient (Wildman–Crippen LogP) is -0.654. The minimum absolute atomic E-state index is 0.117. The van der Waals surface area contributed by atoms with Crippen LogP contribution in [0.1, 0.15) is 29.8 Å². The maximum Gasteiger partial charge on any atom is 0.276 e. The number of aliphatic carboxylic acids is 1. The van der Waals surface area contributed by atoms with Crippen LogP contribution in [-0.2, 0) is 38.6 Å². The van der Waals surface area contributed by atoms with Gasteiger partial charge < -0.3 is 25.8 Å². The molecule has 0 radical (unpaired) electrons. The molecule has 1 unspecified atom stereocenters. The van der Waals surface area contributed by atoms with E-state index in [4.69, 9.17) is 10.6 Å². The van der Waals surface area contributed by atoms with Crippen LogP contribution in [0.25, 0.3) is 0 Å². The van der Waals surface area contributed by atoms with Crippen LogP contribution in [0.3, 0.4) is 0 Å². The first-order chi connectivity index (χ1) is 17.4. The second kappa shape index (κ2) is 9.90. The van der Waals surface area contributed by atoms with Crippen LogP contribution in [0.4, 0.5) is 5.13 Å². The Morgan fingerprint density at radius 2 is 2.19 bits per heavy atom. The van der Waals surface area contributed by atoms with E-state index in [-0.39, 0.29) is 22.2 Å². The molecule has 4 heterocycles. The molecule has 1 saturated heterocycles. The number of nitrogens with one attached hydrogen (secondary N) is 1. The molecule has 11 nitrogen and oxygen atoms in total. The molecule has 0 spiro atoms. The molecule has 2 amide bonds. The van der Waals surface area contributed by atoms with Crippen LogP contribution in [-0.4, -0.2) is 57.7 Å². The number of hydrogen-bond donors (Lipinski definition) is 2. The van der Waals surface area contributed by atoms with Gasteiger partial charge >= 0.3 is 0 Å². The van der Waals surface area contributed by atoms with Gasteiger partial charge in [0.05, 0.1) is 11.7 Å². The normalized spacial score (nSPS) is 21.4. The fourth-order valence-electron chi connectivity index (χ4n) is 4.82. The number of fused-ring (bicyclic) bond motifs is 2. The van der Waals surface area contributed by atoms with Crippen molar-refractivity contribution in [1.29, 1.82) is 0 Å². The van der Waals surface area contributed by atoms with Gasteiger partial charge in [0.25, 0.3) is 11.8 Å². The third-order valence-corrected chi connectivity index (χ3v) is 8.45. The Labute approximate surface area is 215 Å². The summed E-state index contributed by atoms with van der Waals surface area (Å²) in [6.07, 6.45) is 6.13. The number of carboxylic acid groups (broad SMARTS) is 1. The van der Waals surface area contributed by atoms with E-state index in [0.29, 0.717) is 17.9 Å². The molecule has 2 atom stereocenters. The minimum atomic E-state index is -1.40. The molecule has 36 heavy (non-hydrogen) atoms. The molecule has 2 aliphatic heterocycles. The van der Waals surface area contributed by atoms with E-state index in [2.05, 4.69) is 26.1 Å². The molecule has 3 N–H and O–H groups in total. The smallest absolute Gasteiger partial charge is 0.276 e. The van der Waals surface area contributed by atoms with E-state index >= 15 is 0 Å². The number of rotatable bonds is 7. The summed E-state index contributed by atoms with van der Waals surface area (Å²) >= 11 is 2.54. The highest BCUT2D eigenvalue weighted by Crippen LogP contribution is 2.40. The quantitative estimate of drug-likeness (QED) is 0.208. The van der Waals surface area contributed by atoms with E-state index in [1.807, 2.05) is 12.3 Å². The van der Waals surface area contributed by atoms with Crippen molar-refractivity contribution in [1.82, 2.24) is 15.2 Å². The number of anilines is 1. The van der Waals surface area contributed by atoms with Crippen LogP contribution in [0.2, 0.25) is 0 Å². The minimum Gasteiger partial charge on any atom is -0.543 e. The average Bonchev–Trinajstić information content (AvgIpc) is 3.31. The molecule has 3 aliphatic rings. The Morgan fingerprint density at radius 3 is 2.92 bits per heavy atom. The zero-order chi connectivity index (χ0) is 25.4. The molecule has 1 fully saturated rings. The fourth-order valence-corrected chi connectivity index (χ4v) is 6.71. The first-order valence-electron chi connectivity index (χ1n) is 11.4. The van der Waals surface area contributed by atoms with Gasteiger partial charge in [-0.05, 0) is 25.3 Å². The van der Waals surface area contributed by atoms with Gasteiger partial charge in [-0.1, -0.05) is 5.16 Å². The van der Waals surface area contributed by atoms with Gasteiger partial charge in [-0.25, -0.2) is 4.98 Å². The number of amides is 2. The van der Waals surface area contributed by atoms with Crippen molar-refractivity contribution in [2.24, 2.45) is 5.16 Å². The first kappa shape index (κ1) is 24.3. The molecule has 2 aromatic heterocycles. The number of nitrogens with two attached hydrogens (primary N) is 1. The van der Waals surface area contributed by atoms with Crippen molar-refractivity contribution in [3.05, 3.63) is 51.9 Å². The number of carbonyl (C=O) groups is 3. The highest BCUT2D eigenvalue weighted by Gasteiger charge is 2.53. The Morgan fingerprint density at radius 1 is 1.39 bits per heavy atom. The summed E-state index contributed by atoms with van der Waals surface area (Å²) in [6.45, 7) is 0.364. The maximum absolute atomic E-state index is 13.1. The number of oxime groups is 1. The van der Waals surface area contributed by atoms with E-state index in [1.165, 1.54) is 35.0 Å². The lowest BCUT2D eigenvalue weighted by Gasteiger charge is -2.50. The van der Waals surface area contributed by atoms with Gasteiger partial charge in [-0.2, -0.15) is 4.57 Å². The number of carboxylic acids is 1. The molecular weight excluding hydrogens is 504 g/mol. The number of carbonyl (C=O) groups excluding carboxylic acids is 3. The van der Waals surface area contributed by atoms with Crippen molar-refractivity contribution in [2.45, 2.75) is 43.6 Å². The van der Waals surface area contributed by atoms with Crippen molar-refractivity contribution in [3.8, 4) is 0 Å². The number of nitrogen functional groups attached to an aromatic ring is 1. The van der Waals surface area contributed by atoms with Crippen molar-refractivity contribution >= 4 is 51.7 Å². The molecule has 2 aromatic rings. The number of aryl methyl sites for hydroxylation is 1. The van der Waals surface area contributed by atoms with Crippen LogP contribution in [0.15, 0.2) is 40.1 Å². The molecule has 0 aromatic carbocycles. The second-order valence-electron chi connectivity index (χ2n) is 8.61. The lowest BCUT2D eigenvalue weighted by Crippen LogP contribution is -2.71. The Balaban J connectivity index is 1.36. The molecule has 5 rings (SSSR count). The maximum atomic E-state index is 13.1. The topological polar surface area (TPSA) is 154 Å². The third kappa shape index (κ3) is 4.32. The van der Waals surface area contributed by atoms with Gasteiger partial charge in [0.1, 0.15) is 24.2 Å². The summed E-state index contributed by atoms with van der Waals surface area (Å²) in [5.41, 5.74) is 8.72. The summed E-state index contributed by atoms with van der Waals surface area (Å²) in [4.78, 5) is 48.2. The lowest BCUT2D eigenvalue weighted by molar-refractivity contribution is -0.697. The first-order valence-corrected chi connectivity index (χ1v) is 13.3. The summed E-state index contributed by atoms with van der Waals surface area (Å²) in [6, 6.07) is 3.16. The zero-order valence-corrected chi connectivity index (χ0v) is 21.1. The molecular formula is C23H24N6O5S2. The van der Waals surface area contributed by atoms with E-state index in [0.717, 1.165) is 37.0 Å². The fraction of sp³-hybridized carbons (Fsp3) is 0.391. The largest absolute Gasteiger partial charge is 0.543 e. The van der Waals surface area contributed by atoms with E-state index in [1.54, 1.807) is 5.38 Å². The van der Waals surface area contributed by atoms with Crippen molar-refractivity contribution < 1.29 is 28.9 Å². The number of thioether (sulfide) groups is 1. The van der Waals surface area contributed by atoms with Gasteiger partial charge in [0.2, 0.25) is 0 Å². The highest BCUT2D eigenvalue weighted by atomic mass is 32.2. The Kier molecular flexibility index (Phi) is 6.67. The molecule has 188 valence electrons.